The fraction of sp³-hybridized carbons (Fsp3) is 0.462. The zero-order valence-electron chi connectivity index (χ0n) is 11.3. The average Bonchev–Trinajstić information content (AvgIpc) is 2.35. The Bertz CT molecular complexity index is 589. The summed E-state index contributed by atoms with van der Waals surface area (Å²) in [6, 6.07) is 3.05. The van der Waals surface area contributed by atoms with Crippen molar-refractivity contribution in [3.8, 4) is 0 Å². The zero-order chi connectivity index (χ0) is 15.3. The number of rotatable bonds is 6. The number of carbonyl (C=O) groups excluding carboxylic acids is 1. The van der Waals surface area contributed by atoms with Crippen LogP contribution >= 0.6 is 10.7 Å². The van der Waals surface area contributed by atoms with Crippen LogP contribution in [-0.2, 0) is 9.05 Å². The van der Waals surface area contributed by atoms with Gasteiger partial charge in [0.2, 0.25) is 0 Å². The van der Waals surface area contributed by atoms with Gasteiger partial charge in [-0.1, -0.05) is 19.8 Å². The van der Waals surface area contributed by atoms with E-state index >= 15 is 0 Å². The molecule has 1 atom stereocenters. The molecule has 0 bridgehead atoms. The van der Waals surface area contributed by atoms with Gasteiger partial charge in [0.1, 0.15) is 10.7 Å². The van der Waals surface area contributed by atoms with Gasteiger partial charge in [0, 0.05) is 22.3 Å². The second kappa shape index (κ2) is 7.04. The van der Waals surface area contributed by atoms with E-state index in [1.165, 1.54) is 6.07 Å². The third kappa shape index (κ3) is 4.76. The maximum Gasteiger partial charge on any atom is 0.264 e. The topological polar surface area (TPSA) is 63.2 Å². The van der Waals surface area contributed by atoms with E-state index in [0.717, 1.165) is 31.4 Å². The molecule has 20 heavy (non-hydrogen) atoms. The van der Waals surface area contributed by atoms with Gasteiger partial charge < -0.3 is 5.32 Å². The largest absolute Gasteiger partial charge is 0.350 e. The molecule has 1 N–H and O–H groups in total. The smallest absolute Gasteiger partial charge is 0.264 e. The van der Waals surface area contributed by atoms with E-state index in [2.05, 4.69) is 5.32 Å². The lowest BCUT2D eigenvalue weighted by Crippen LogP contribution is -2.32. The van der Waals surface area contributed by atoms with Gasteiger partial charge in [-0.05, 0) is 31.5 Å². The molecule has 112 valence electrons. The minimum absolute atomic E-state index is 0.0384. The zero-order valence-corrected chi connectivity index (χ0v) is 12.9. The number of nitrogens with one attached hydrogen (secondary N) is 1. The molecule has 1 aromatic carbocycles. The molecule has 0 saturated heterocycles. The summed E-state index contributed by atoms with van der Waals surface area (Å²) in [6.07, 6.45) is 2.82. The van der Waals surface area contributed by atoms with E-state index in [-0.39, 0.29) is 11.6 Å². The van der Waals surface area contributed by atoms with Crippen molar-refractivity contribution in [2.45, 2.75) is 44.0 Å². The van der Waals surface area contributed by atoms with Gasteiger partial charge in [0.15, 0.2) is 0 Å². The first-order valence-electron chi connectivity index (χ1n) is 6.30. The second-order valence-corrected chi connectivity index (χ2v) is 7.13. The highest BCUT2D eigenvalue weighted by atomic mass is 35.7. The molecular formula is C13H17ClFNO3S. The summed E-state index contributed by atoms with van der Waals surface area (Å²) in [7, 11) is 0.900. The number of hydrogen-bond donors (Lipinski definition) is 1. The minimum Gasteiger partial charge on any atom is -0.350 e. The monoisotopic (exact) mass is 321 g/mol. The molecule has 0 aromatic heterocycles. The van der Waals surface area contributed by atoms with Gasteiger partial charge in [-0.2, -0.15) is 0 Å². The highest BCUT2D eigenvalue weighted by Crippen LogP contribution is 2.20. The summed E-state index contributed by atoms with van der Waals surface area (Å²) in [5.41, 5.74) is 0.0639. The van der Waals surface area contributed by atoms with Crippen LogP contribution in [0.25, 0.3) is 0 Å². The maximum atomic E-state index is 13.4. The molecule has 4 nitrogen and oxygen atoms in total. The van der Waals surface area contributed by atoms with Crippen molar-refractivity contribution in [1.29, 1.82) is 0 Å². The van der Waals surface area contributed by atoms with Crippen LogP contribution in [0.3, 0.4) is 0 Å². The van der Waals surface area contributed by atoms with Crippen LogP contribution in [0.1, 0.15) is 43.5 Å². The summed E-state index contributed by atoms with van der Waals surface area (Å²) in [6.45, 7) is 3.91. The molecule has 0 aliphatic carbocycles. The summed E-state index contributed by atoms with van der Waals surface area (Å²) in [5, 5.41) is 2.73. The fourth-order valence-electron chi connectivity index (χ4n) is 1.72. The summed E-state index contributed by atoms with van der Waals surface area (Å²) < 4.78 is 35.7. The number of benzene rings is 1. The van der Waals surface area contributed by atoms with E-state index in [1.807, 2.05) is 13.8 Å². The lowest BCUT2D eigenvalue weighted by molar-refractivity contribution is 0.0937. The van der Waals surface area contributed by atoms with E-state index in [9.17, 15) is 17.6 Å². The predicted molar refractivity (Wildman–Crippen MR) is 75.9 cm³/mol. The SMILES string of the molecule is CCCCC(C)NC(=O)c1ccc(F)c(S(=O)(=O)Cl)c1. The van der Waals surface area contributed by atoms with E-state index in [0.29, 0.717) is 0 Å². The molecule has 0 aliphatic rings. The third-order valence-corrected chi connectivity index (χ3v) is 4.16. The van der Waals surface area contributed by atoms with Gasteiger partial charge in [0.25, 0.3) is 15.0 Å². The first-order chi connectivity index (χ1) is 9.25. The second-order valence-electron chi connectivity index (χ2n) is 4.60. The van der Waals surface area contributed by atoms with Crippen molar-refractivity contribution in [2.24, 2.45) is 0 Å². The Morgan fingerprint density at radius 2 is 2.10 bits per heavy atom. The number of hydrogen-bond acceptors (Lipinski definition) is 3. The molecule has 1 aromatic rings. The first-order valence-corrected chi connectivity index (χ1v) is 8.61. The van der Waals surface area contributed by atoms with Crippen LogP contribution in [0.4, 0.5) is 4.39 Å². The van der Waals surface area contributed by atoms with Crippen LogP contribution in [0.2, 0.25) is 0 Å². The molecule has 0 saturated carbocycles. The Labute approximate surface area is 122 Å². The van der Waals surface area contributed by atoms with E-state index in [4.69, 9.17) is 10.7 Å². The molecule has 0 aliphatic heterocycles. The number of halogens is 2. The normalized spacial score (nSPS) is 13.0. The predicted octanol–water partition coefficient (Wildman–Crippen LogP) is 3.06. The summed E-state index contributed by atoms with van der Waals surface area (Å²) >= 11 is 0. The van der Waals surface area contributed by atoms with Gasteiger partial charge in [-0.15, -0.1) is 0 Å². The number of unbranched alkanes of at least 4 members (excludes halogenated alkanes) is 1. The lowest BCUT2D eigenvalue weighted by atomic mass is 10.1. The van der Waals surface area contributed by atoms with Gasteiger partial charge in [-0.25, -0.2) is 12.8 Å². The highest BCUT2D eigenvalue weighted by Gasteiger charge is 2.19. The highest BCUT2D eigenvalue weighted by molar-refractivity contribution is 8.13. The van der Waals surface area contributed by atoms with Crippen LogP contribution in [0.15, 0.2) is 23.1 Å². The maximum absolute atomic E-state index is 13.4. The van der Waals surface area contributed by atoms with Crippen LogP contribution in [0.5, 0.6) is 0 Å². The molecule has 0 heterocycles. The standard InChI is InChI=1S/C13H17ClFNO3S/c1-3-4-5-9(2)16-13(17)10-6-7-11(15)12(8-10)20(14,18)19/h6-9H,3-5H2,1-2H3,(H,16,17). The van der Waals surface area contributed by atoms with Crippen molar-refractivity contribution in [3.63, 3.8) is 0 Å². The van der Waals surface area contributed by atoms with Crippen LogP contribution < -0.4 is 5.32 Å². The van der Waals surface area contributed by atoms with Gasteiger partial charge >= 0.3 is 0 Å². The molecule has 1 amide bonds. The van der Waals surface area contributed by atoms with E-state index in [1.54, 1.807) is 0 Å². The van der Waals surface area contributed by atoms with Crippen molar-refractivity contribution in [2.75, 3.05) is 0 Å². The van der Waals surface area contributed by atoms with Crippen molar-refractivity contribution in [3.05, 3.63) is 29.6 Å². The molecule has 0 spiro atoms. The fourth-order valence-corrected chi connectivity index (χ4v) is 2.64. The van der Waals surface area contributed by atoms with Crippen molar-refractivity contribution >= 4 is 25.6 Å². The quantitative estimate of drug-likeness (QED) is 0.819. The molecule has 0 radical (unpaired) electrons. The molecule has 7 heteroatoms. The molecular weight excluding hydrogens is 305 g/mol. The Hall–Kier alpha value is -1.14. The minimum atomic E-state index is -4.21. The van der Waals surface area contributed by atoms with Crippen molar-refractivity contribution in [1.82, 2.24) is 5.32 Å². The third-order valence-electron chi connectivity index (χ3n) is 2.82. The van der Waals surface area contributed by atoms with Crippen LogP contribution in [-0.4, -0.2) is 20.4 Å². The van der Waals surface area contributed by atoms with Gasteiger partial charge in [-0.3, -0.25) is 4.79 Å². The van der Waals surface area contributed by atoms with Gasteiger partial charge in [0.05, 0.1) is 0 Å². The Balaban J connectivity index is 2.90. The molecule has 0 fully saturated rings. The van der Waals surface area contributed by atoms with Crippen LogP contribution in [0, 0.1) is 5.82 Å². The molecule has 1 unspecified atom stereocenters. The summed E-state index contributed by atoms with van der Waals surface area (Å²) in [5.74, 6) is -1.43. The first kappa shape index (κ1) is 16.9. The number of carbonyl (C=O) groups is 1. The summed E-state index contributed by atoms with van der Waals surface area (Å²) in [4.78, 5) is 11.3. The van der Waals surface area contributed by atoms with Crippen molar-refractivity contribution < 1.29 is 17.6 Å². The molecule has 1 rings (SSSR count). The Morgan fingerprint density at radius 3 is 2.65 bits per heavy atom. The Kier molecular flexibility index (Phi) is 5.95. The van der Waals surface area contributed by atoms with E-state index < -0.39 is 25.7 Å². The Morgan fingerprint density at radius 1 is 1.45 bits per heavy atom. The number of amides is 1. The lowest BCUT2D eigenvalue weighted by Gasteiger charge is -2.13. The average molecular weight is 322 g/mol.